The van der Waals surface area contributed by atoms with Gasteiger partial charge in [-0.1, -0.05) is 0 Å². The molecular formula is C18H20F2N2O5S2. The van der Waals surface area contributed by atoms with Gasteiger partial charge in [0.15, 0.2) is 0 Å². The van der Waals surface area contributed by atoms with Gasteiger partial charge in [0.2, 0.25) is 10.0 Å². The largest absolute Gasteiger partial charge is 0.492 e. The van der Waals surface area contributed by atoms with Crippen LogP contribution >= 0.6 is 0 Å². The maximum Gasteiger partial charge on any atom is 0.262 e. The quantitative estimate of drug-likeness (QED) is 0.706. The number of halogens is 2. The average Bonchev–Trinajstić information content (AvgIpc) is 3.17. The molecule has 1 N–H and O–H groups in total. The molecule has 1 aliphatic heterocycles. The SMILES string of the molecule is CCOc1ccc(NS(=O)(=O)c2cc(F)cc(F)c2)cc1S(=O)(=O)N1CCCC1. The highest BCUT2D eigenvalue weighted by molar-refractivity contribution is 7.92. The van der Waals surface area contributed by atoms with Crippen molar-refractivity contribution in [2.75, 3.05) is 24.4 Å². The lowest BCUT2D eigenvalue weighted by Crippen LogP contribution is -2.28. The smallest absolute Gasteiger partial charge is 0.262 e. The molecule has 3 rings (SSSR count). The second-order valence-corrected chi connectivity index (χ2v) is 10.0. The van der Waals surface area contributed by atoms with Crippen LogP contribution < -0.4 is 9.46 Å². The lowest BCUT2D eigenvalue weighted by molar-refractivity contribution is 0.330. The van der Waals surface area contributed by atoms with Gasteiger partial charge in [-0.05, 0) is 50.1 Å². The van der Waals surface area contributed by atoms with Crippen LogP contribution in [0.4, 0.5) is 14.5 Å². The summed E-state index contributed by atoms with van der Waals surface area (Å²) in [7, 11) is -8.24. The number of rotatable bonds is 7. The molecule has 1 saturated heterocycles. The van der Waals surface area contributed by atoms with E-state index in [2.05, 4.69) is 4.72 Å². The lowest BCUT2D eigenvalue weighted by Gasteiger charge is -2.19. The van der Waals surface area contributed by atoms with E-state index < -0.39 is 36.6 Å². The van der Waals surface area contributed by atoms with Gasteiger partial charge in [0.1, 0.15) is 22.3 Å². The predicted octanol–water partition coefficient (Wildman–Crippen LogP) is 2.95. The van der Waals surface area contributed by atoms with Crippen molar-refractivity contribution in [2.24, 2.45) is 0 Å². The fourth-order valence-electron chi connectivity index (χ4n) is 3.01. The summed E-state index contributed by atoms with van der Waals surface area (Å²) >= 11 is 0. The minimum Gasteiger partial charge on any atom is -0.492 e. The molecule has 29 heavy (non-hydrogen) atoms. The van der Waals surface area contributed by atoms with E-state index >= 15 is 0 Å². The summed E-state index contributed by atoms with van der Waals surface area (Å²) < 4.78 is 86.6. The molecular weight excluding hydrogens is 426 g/mol. The van der Waals surface area contributed by atoms with Crippen molar-refractivity contribution < 1.29 is 30.4 Å². The van der Waals surface area contributed by atoms with Gasteiger partial charge in [-0.25, -0.2) is 25.6 Å². The zero-order valence-electron chi connectivity index (χ0n) is 15.6. The molecule has 0 spiro atoms. The highest BCUT2D eigenvalue weighted by atomic mass is 32.2. The Morgan fingerprint density at radius 2 is 1.62 bits per heavy atom. The fourth-order valence-corrected chi connectivity index (χ4v) is 5.78. The summed E-state index contributed by atoms with van der Waals surface area (Å²) in [5.41, 5.74) is -0.0732. The van der Waals surface area contributed by atoms with Gasteiger partial charge in [-0.2, -0.15) is 4.31 Å². The van der Waals surface area contributed by atoms with E-state index in [9.17, 15) is 25.6 Å². The summed E-state index contributed by atoms with van der Waals surface area (Å²) in [4.78, 5) is -0.792. The van der Waals surface area contributed by atoms with E-state index in [1.54, 1.807) is 6.92 Å². The van der Waals surface area contributed by atoms with Crippen LogP contribution in [0.3, 0.4) is 0 Å². The highest BCUT2D eigenvalue weighted by Gasteiger charge is 2.30. The molecule has 0 aromatic heterocycles. The number of hydrogen-bond donors (Lipinski definition) is 1. The Labute approximate surface area is 168 Å². The van der Waals surface area contributed by atoms with Gasteiger partial charge >= 0.3 is 0 Å². The van der Waals surface area contributed by atoms with E-state index in [0.717, 1.165) is 18.9 Å². The number of nitrogens with one attached hydrogen (secondary N) is 1. The molecule has 2 aromatic rings. The molecule has 0 aliphatic carbocycles. The minimum atomic E-state index is -4.34. The number of benzene rings is 2. The Balaban J connectivity index is 2.00. The zero-order chi connectivity index (χ0) is 21.2. The Hall–Kier alpha value is -2.24. The van der Waals surface area contributed by atoms with E-state index in [0.29, 0.717) is 31.3 Å². The zero-order valence-corrected chi connectivity index (χ0v) is 17.2. The first-order valence-electron chi connectivity index (χ1n) is 8.89. The van der Waals surface area contributed by atoms with Gasteiger partial charge < -0.3 is 4.74 Å². The highest BCUT2D eigenvalue weighted by Crippen LogP contribution is 2.32. The van der Waals surface area contributed by atoms with Crippen molar-refractivity contribution in [3.8, 4) is 5.75 Å². The van der Waals surface area contributed by atoms with Crippen molar-refractivity contribution in [3.05, 3.63) is 48.0 Å². The van der Waals surface area contributed by atoms with E-state index in [1.165, 1.54) is 16.4 Å². The molecule has 1 fully saturated rings. The molecule has 0 atom stereocenters. The molecule has 7 nitrogen and oxygen atoms in total. The third-order valence-electron chi connectivity index (χ3n) is 4.32. The molecule has 11 heteroatoms. The second kappa shape index (κ2) is 8.25. The lowest BCUT2D eigenvalue weighted by atomic mass is 10.3. The second-order valence-electron chi connectivity index (χ2n) is 6.42. The molecule has 2 aromatic carbocycles. The van der Waals surface area contributed by atoms with Crippen LogP contribution in [0.15, 0.2) is 46.2 Å². The Bertz CT molecular complexity index is 1090. The van der Waals surface area contributed by atoms with Gasteiger partial charge in [0, 0.05) is 19.2 Å². The monoisotopic (exact) mass is 446 g/mol. The van der Waals surface area contributed by atoms with Crippen LogP contribution in [-0.2, 0) is 20.0 Å². The normalized spacial score (nSPS) is 15.4. The molecule has 0 bridgehead atoms. The Morgan fingerprint density at radius 1 is 1.00 bits per heavy atom. The number of sulfonamides is 2. The predicted molar refractivity (Wildman–Crippen MR) is 103 cm³/mol. The van der Waals surface area contributed by atoms with Crippen LogP contribution in [-0.4, -0.2) is 40.8 Å². The van der Waals surface area contributed by atoms with Gasteiger partial charge in [0.05, 0.1) is 17.2 Å². The molecule has 1 aliphatic rings. The molecule has 0 radical (unpaired) electrons. The topological polar surface area (TPSA) is 92.8 Å². The van der Waals surface area contributed by atoms with Gasteiger partial charge in [0.25, 0.3) is 10.0 Å². The van der Waals surface area contributed by atoms with Crippen LogP contribution in [0.1, 0.15) is 19.8 Å². The Kier molecular flexibility index (Phi) is 6.11. The molecule has 0 amide bonds. The number of hydrogen-bond acceptors (Lipinski definition) is 5. The third kappa shape index (κ3) is 4.68. The number of anilines is 1. The van der Waals surface area contributed by atoms with Gasteiger partial charge in [-0.3, -0.25) is 4.72 Å². The summed E-state index contributed by atoms with van der Waals surface area (Å²) in [5.74, 6) is -2.00. The summed E-state index contributed by atoms with van der Waals surface area (Å²) in [6.07, 6.45) is 1.47. The van der Waals surface area contributed by atoms with Crippen LogP contribution in [0.5, 0.6) is 5.75 Å². The standard InChI is InChI=1S/C18H20F2N2O5S2/c1-2-27-17-6-5-15(12-18(17)29(25,26)22-7-3-4-8-22)21-28(23,24)16-10-13(19)9-14(20)11-16/h5-6,9-12,21H,2-4,7-8H2,1H3. The summed E-state index contributed by atoms with van der Waals surface area (Å²) in [6.45, 7) is 2.65. The number of nitrogens with zero attached hydrogens (tertiary/aromatic N) is 1. The van der Waals surface area contributed by atoms with E-state index in [-0.39, 0.29) is 22.9 Å². The molecule has 1 heterocycles. The maximum atomic E-state index is 13.4. The number of ether oxygens (including phenoxy) is 1. The first-order valence-corrected chi connectivity index (χ1v) is 11.8. The molecule has 158 valence electrons. The van der Waals surface area contributed by atoms with Crippen molar-refractivity contribution >= 4 is 25.7 Å². The summed E-state index contributed by atoms with van der Waals surface area (Å²) in [6, 6.07) is 5.70. The molecule has 0 saturated carbocycles. The van der Waals surface area contributed by atoms with Crippen molar-refractivity contribution in [3.63, 3.8) is 0 Å². The van der Waals surface area contributed by atoms with E-state index in [1.807, 2.05) is 0 Å². The fraction of sp³-hybridized carbons (Fsp3) is 0.333. The maximum absolute atomic E-state index is 13.4. The summed E-state index contributed by atoms with van der Waals surface area (Å²) in [5, 5.41) is 0. The third-order valence-corrected chi connectivity index (χ3v) is 7.61. The van der Waals surface area contributed by atoms with Crippen LogP contribution in [0.25, 0.3) is 0 Å². The average molecular weight is 446 g/mol. The van der Waals surface area contributed by atoms with Crippen LogP contribution in [0, 0.1) is 11.6 Å². The first-order chi connectivity index (χ1) is 13.6. The minimum absolute atomic E-state index is 0.0732. The van der Waals surface area contributed by atoms with Crippen LogP contribution in [0.2, 0.25) is 0 Å². The van der Waals surface area contributed by atoms with Crippen molar-refractivity contribution in [1.29, 1.82) is 0 Å². The first kappa shape index (κ1) is 21.5. The van der Waals surface area contributed by atoms with Gasteiger partial charge in [-0.15, -0.1) is 0 Å². The van der Waals surface area contributed by atoms with Crippen molar-refractivity contribution in [1.82, 2.24) is 4.31 Å². The Morgan fingerprint density at radius 3 is 2.21 bits per heavy atom. The molecule has 0 unspecified atom stereocenters. The van der Waals surface area contributed by atoms with E-state index in [4.69, 9.17) is 4.74 Å². The van der Waals surface area contributed by atoms with Crippen molar-refractivity contribution in [2.45, 2.75) is 29.6 Å².